The summed E-state index contributed by atoms with van der Waals surface area (Å²) < 4.78 is 0. The van der Waals surface area contributed by atoms with Gasteiger partial charge in [0.25, 0.3) is 0 Å². The maximum Gasteiger partial charge on any atom is 0.317 e. The summed E-state index contributed by atoms with van der Waals surface area (Å²) in [7, 11) is 5.68. The van der Waals surface area contributed by atoms with E-state index in [1.807, 2.05) is 39.2 Å². The van der Waals surface area contributed by atoms with Crippen molar-refractivity contribution in [3.63, 3.8) is 0 Å². The zero-order valence-corrected chi connectivity index (χ0v) is 13.4. The summed E-state index contributed by atoms with van der Waals surface area (Å²) in [5.41, 5.74) is 1.20. The Balaban J connectivity index is 2.67. The zero-order valence-electron chi connectivity index (χ0n) is 13.4. The van der Waals surface area contributed by atoms with Crippen molar-refractivity contribution in [2.45, 2.75) is 25.4 Å². The first kappa shape index (κ1) is 17.5. The van der Waals surface area contributed by atoms with Gasteiger partial charge in [0.05, 0.1) is 12.6 Å². The third-order valence-corrected chi connectivity index (χ3v) is 3.48. The highest BCUT2D eigenvalue weighted by Crippen LogP contribution is 2.05. The molecule has 2 N–H and O–H groups in total. The van der Waals surface area contributed by atoms with Crippen LogP contribution in [0.5, 0.6) is 0 Å². The lowest BCUT2D eigenvalue weighted by atomic mass is 10.1. The quantitative estimate of drug-likeness (QED) is 0.794. The van der Waals surface area contributed by atoms with E-state index in [9.17, 15) is 4.79 Å². The number of benzene rings is 1. The molecular formula is C16H27N3O2. The fourth-order valence-corrected chi connectivity index (χ4v) is 2.10. The third kappa shape index (κ3) is 6.14. The monoisotopic (exact) mass is 293 g/mol. The number of nitrogens with zero attached hydrogens (tertiary/aromatic N) is 2. The first-order valence-electron chi connectivity index (χ1n) is 7.27. The van der Waals surface area contributed by atoms with Gasteiger partial charge in [-0.1, -0.05) is 30.3 Å². The first-order valence-corrected chi connectivity index (χ1v) is 7.27. The number of rotatable bonds is 7. The van der Waals surface area contributed by atoms with Gasteiger partial charge in [-0.2, -0.15) is 0 Å². The van der Waals surface area contributed by atoms with Gasteiger partial charge in [-0.05, 0) is 33.0 Å². The van der Waals surface area contributed by atoms with Crippen LogP contribution >= 0.6 is 0 Å². The van der Waals surface area contributed by atoms with E-state index in [1.165, 1.54) is 10.5 Å². The van der Waals surface area contributed by atoms with Gasteiger partial charge >= 0.3 is 6.03 Å². The largest absolute Gasteiger partial charge is 0.394 e. The predicted octanol–water partition coefficient (Wildman–Crippen LogP) is 1.18. The van der Waals surface area contributed by atoms with Gasteiger partial charge in [0.15, 0.2) is 0 Å². The molecule has 5 nitrogen and oxygen atoms in total. The number of hydrogen-bond donors (Lipinski definition) is 2. The molecule has 0 radical (unpaired) electrons. The molecule has 0 aliphatic rings. The highest BCUT2D eigenvalue weighted by Gasteiger charge is 2.19. The second-order valence-electron chi connectivity index (χ2n) is 5.74. The Hall–Kier alpha value is -1.59. The Bertz CT molecular complexity index is 423. The molecule has 0 saturated carbocycles. The molecule has 0 aliphatic heterocycles. The lowest BCUT2D eigenvalue weighted by Gasteiger charge is -2.28. The Morgan fingerprint density at radius 1 is 1.24 bits per heavy atom. The fraction of sp³-hybridized carbons (Fsp3) is 0.562. The molecular weight excluding hydrogens is 266 g/mol. The average Bonchev–Trinajstić information content (AvgIpc) is 2.45. The van der Waals surface area contributed by atoms with Crippen molar-refractivity contribution >= 4 is 6.03 Å². The SMILES string of the molecule is CC(CO)N(C)C(=O)NC(Cc1ccccc1)CN(C)C. The van der Waals surface area contributed by atoms with E-state index in [4.69, 9.17) is 5.11 Å². The molecule has 118 valence electrons. The number of aliphatic hydroxyl groups excluding tert-OH is 1. The number of carbonyl (C=O) groups is 1. The van der Waals surface area contributed by atoms with Gasteiger partial charge < -0.3 is 20.2 Å². The van der Waals surface area contributed by atoms with Crippen LogP contribution in [0.2, 0.25) is 0 Å². The molecule has 0 aliphatic carbocycles. The van der Waals surface area contributed by atoms with E-state index >= 15 is 0 Å². The van der Waals surface area contributed by atoms with Gasteiger partial charge in [-0.15, -0.1) is 0 Å². The smallest absolute Gasteiger partial charge is 0.317 e. The molecule has 0 spiro atoms. The fourth-order valence-electron chi connectivity index (χ4n) is 2.10. The second-order valence-corrected chi connectivity index (χ2v) is 5.74. The molecule has 2 atom stereocenters. The van der Waals surface area contributed by atoms with Gasteiger partial charge in [-0.3, -0.25) is 0 Å². The topological polar surface area (TPSA) is 55.8 Å². The predicted molar refractivity (Wildman–Crippen MR) is 85.3 cm³/mol. The Morgan fingerprint density at radius 3 is 2.38 bits per heavy atom. The molecule has 1 rings (SSSR count). The van der Waals surface area contributed by atoms with Crippen LogP contribution in [0.25, 0.3) is 0 Å². The molecule has 1 aromatic rings. The zero-order chi connectivity index (χ0) is 15.8. The lowest BCUT2D eigenvalue weighted by molar-refractivity contribution is 0.153. The maximum atomic E-state index is 12.2. The van der Waals surface area contributed by atoms with Crippen molar-refractivity contribution in [3.8, 4) is 0 Å². The highest BCUT2D eigenvalue weighted by atomic mass is 16.3. The molecule has 5 heteroatoms. The molecule has 2 amide bonds. The third-order valence-electron chi connectivity index (χ3n) is 3.48. The van der Waals surface area contributed by atoms with E-state index < -0.39 is 0 Å². The van der Waals surface area contributed by atoms with E-state index in [0.29, 0.717) is 0 Å². The molecule has 0 aromatic heterocycles. The van der Waals surface area contributed by atoms with E-state index in [-0.39, 0.29) is 24.7 Å². The van der Waals surface area contributed by atoms with Crippen molar-refractivity contribution in [2.75, 3.05) is 34.3 Å². The number of urea groups is 1. The average molecular weight is 293 g/mol. The molecule has 21 heavy (non-hydrogen) atoms. The summed E-state index contributed by atoms with van der Waals surface area (Å²) in [6.45, 7) is 2.54. The number of likely N-dealkylation sites (N-methyl/N-ethyl adjacent to an activating group) is 2. The van der Waals surface area contributed by atoms with Crippen LogP contribution in [0.3, 0.4) is 0 Å². The number of hydrogen-bond acceptors (Lipinski definition) is 3. The van der Waals surface area contributed by atoms with Gasteiger partial charge in [0.1, 0.15) is 0 Å². The summed E-state index contributed by atoms with van der Waals surface area (Å²) >= 11 is 0. The van der Waals surface area contributed by atoms with Crippen molar-refractivity contribution in [2.24, 2.45) is 0 Å². The Morgan fingerprint density at radius 2 is 1.86 bits per heavy atom. The summed E-state index contributed by atoms with van der Waals surface area (Å²) in [5, 5.41) is 12.2. The van der Waals surface area contributed by atoms with E-state index in [1.54, 1.807) is 7.05 Å². The lowest BCUT2D eigenvalue weighted by Crippen LogP contribution is -2.50. The first-order chi connectivity index (χ1) is 9.93. The molecule has 0 fully saturated rings. The number of carbonyl (C=O) groups excluding carboxylic acids is 1. The molecule has 0 saturated heterocycles. The van der Waals surface area contributed by atoms with Crippen molar-refractivity contribution < 1.29 is 9.90 Å². The Labute approximate surface area is 127 Å². The summed E-state index contributed by atoms with van der Waals surface area (Å²) in [4.78, 5) is 15.8. The summed E-state index contributed by atoms with van der Waals surface area (Å²) in [6, 6.07) is 9.81. The van der Waals surface area contributed by atoms with Crippen molar-refractivity contribution in [1.82, 2.24) is 15.1 Å². The van der Waals surface area contributed by atoms with Gasteiger partial charge in [-0.25, -0.2) is 4.79 Å². The van der Waals surface area contributed by atoms with Crippen LogP contribution in [0.1, 0.15) is 12.5 Å². The number of aliphatic hydroxyl groups is 1. The summed E-state index contributed by atoms with van der Waals surface area (Å²) in [6.07, 6.45) is 0.784. The minimum atomic E-state index is -0.193. The van der Waals surface area contributed by atoms with Crippen LogP contribution in [0.4, 0.5) is 4.79 Å². The second kappa shape index (κ2) is 8.64. The van der Waals surface area contributed by atoms with Crippen molar-refractivity contribution in [3.05, 3.63) is 35.9 Å². The Kier molecular flexibility index (Phi) is 7.19. The van der Waals surface area contributed by atoms with Gasteiger partial charge in [0.2, 0.25) is 0 Å². The van der Waals surface area contributed by atoms with Crippen LogP contribution < -0.4 is 5.32 Å². The molecule has 0 heterocycles. The van der Waals surface area contributed by atoms with Crippen LogP contribution in [-0.2, 0) is 6.42 Å². The number of nitrogens with one attached hydrogen (secondary N) is 1. The number of amides is 2. The highest BCUT2D eigenvalue weighted by molar-refractivity contribution is 5.74. The normalized spacial score (nSPS) is 13.8. The minimum Gasteiger partial charge on any atom is -0.394 e. The molecule has 2 unspecified atom stereocenters. The minimum absolute atomic E-state index is 0.0308. The molecule has 1 aromatic carbocycles. The standard InChI is InChI=1S/C16H27N3O2/c1-13(12-20)19(4)16(21)17-15(11-18(2)3)10-14-8-6-5-7-9-14/h5-9,13,15,20H,10-12H2,1-4H3,(H,17,21). The van der Waals surface area contributed by atoms with E-state index in [0.717, 1.165) is 13.0 Å². The van der Waals surface area contributed by atoms with Crippen LogP contribution in [0.15, 0.2) is 30.3 Å². The van der Waals surface area contributed by atoms with Gasteiger partial charge in [0, 0.05) is 19.6 Å². The maximum absolute atomic E-state index is 12.2. The van der Waals surface area contributed by atoms with E-state index in [2.05, 4.69) is 22.3 Å². The van der Waals surface area contributed by atoms with Crippen molar-refractivity contribution in [1.29, 1.82) is 0 Å². The van der Waals surface area contributed by atoms with Crippen LogP contribution in [0, 0.1) is 0 Å². The van der Waals surface area contributed by atoms with Crippen LogP contribution in [-0.4, -0.2) is 67.3 Å². The summed E-state index contributed by atoms with van der Waals surface area (Å²) in [5.74, 6) is 0. The molecule has 0 bridgehead atoms.